The van der Waals surface area contributed by atoms with Crippen LogP contribution in [0, 0.1) is 0 Å². The monoisotopic (exact) mass is 873 g/mol. The molecular weight excluding hydrogens is 784 g/mol. The van der Waals surface area contributed by atoms with Crippen molar-refractivity contribution in [3.63, 3.8) is 0 Å². The maximum atomic E-state index is 12.7. The molecule has 59 heavy (non-hydrogen) atoms. The first kappa shape index (κ1) is 60.4. The van der Waals surface area contributed by atoms with Crippen LogP contribution in [0.25, 0.3) is 0 Å². The van der Waals surface area contributed by atoms with Gasteiger partial charge in [-0.3, -0.25) is 18.6 Å². The van der Waals surface area contributed by atoms with Gasteiger partial charge in [0.25, 0.3) is 0 Å². The molecule has 0 bridgehead atoms. The molecule has 0 spiro atoms. The van der Waals surface area contributed by atoms with Gasteiger partial charge in [-0.05, 0) is 12.8 Å². The number of nitrogens with one attached hydrogen (secondary N) is 1. The summed E-state index contributed by atoms with van der Waals surface area (Å²) in [4.78, 5) is 47.0. The molecule has 0 saturated carbocycles. The van der Waals surface area contributed by atoms with E-state index < -0.39 is 38.6 Å². The van der Waals surface area contributed by atoms with Gasteiger partial charge in [-0.1, -0.05) is 194 Å². The summed E-state index contributed by atoms with van der Waals surface area (Å²) in [5, 5.41) is 2.38. The number of rotatable bonds is 45. The average molecular weight is 873 g/mol. The molecule has 0 aliphatic heterocycles. The van der Waals surface area contributed by atoms with Crippen LogP contribution in [0.5, 0.6) is 0 Å². The number of esters is 2. The number of amides is 1. The minimum atomic E-state index is -4.57. The molecule has 0 aliphatic rings. The van der Waals surface area contributed by atoms with Crippen LogP contribution in [-0.2, 0) is 42.1 Å². The topological polar surface area (TPSA) is 156 Å². The Morgan fingerprint density at radius 3 is 1.31 bits per heavy atom. The Bertz CT molecular complexity index is 994. The molecule has 0 aromatic heterocycles. The van der Waals surface area contributed by atoms with Crippen molar-refractivity contribution in [2.75, 3.05) is 46.7 Å². The van der Waals surface area contributed by atoms with Crippen LogP contribution in [-0.4, -0.2) is 105 Å². The third-order valence-corrected chi connectivity index (χ3v) is 11.3. The SMILES string of the molecule is CCCCCCCCCCCCCCCCCC(=O)OCC(COP(=O)(O)OCCNC(=O)OCCOC)OC(=O)CCCCCCCCCCCCCCCCC.[Na]. The number of hydrogen-bond acceptors (Lipinski definition) is 10. The number of unbranched alkanes of at least 4 members (excludes halogenated alkanes) is 28. The van der Waals surface area contributed by atoms with Crippen molar-refractivity contribution in [3.05, 3.63) is 0 Å². The fraction of sp³-hybridized carbons (Fsp3) is 0.933. The van der Waals surface area contributed by atoms with E-state index in [1.54, 1.807) is 0 Å². The fourth-order valence-corrected chi connectivity index (χ4v) is 7.45. The summed E-state index contributed by atoms with van der Waals surface area (Å²) in [7, 11) is -3.09. The maximum Gasteiger partial charge on any atom is 0.472 e. The fourth-order valence-electron chi connectivity index (χ4n) is 6.70. The largest absolute Gasteiger partial charge is 0.472 e. The van der Waals surface area contributed by atoms with Gasteiger partial charge in [0, 0.05) is 56.1 Å². The standard InChI is InChI=1S/C45H88NO11P.Na/c1-4-6-8-10-12-14-16-18-20-22-24-26-28-30-32-34-43(47)54-40-42(41-56-58(50,51)55-37-36-46-45(49)53-39-38-52-3)57-44(48)35-33-31-29-27-25-23-21-19-17-15-13-11-9-7-5-2;/h42H,4-41H2,1-3H3,(H,46,49)(H,50,51);. The van der Waals surface area contributed by atoms with Gasteiger partial charge in [-0.2, -0.15) is 0 Å². The van der Waals surface area contributed by atoms with Crippen molar-refractivity contribution in [1.29, 1.82) is 0 Å². The van der Waals surface area contributed by atoms with Crippen molar-refractivity contribution in [1.82, 2.24) is 5.32 Å². The molecule has 14 heteroatoms. The zero-order chi connectivity index (χ0) is 42.6. The molecule has 0 heterocycles. The van der Waals surface area contributed by atoms with E-state index in [9.17, 15) is 23.8 Å². The molecule has 0 rings (SSSR count). The summed E-state index contributed by atoms with van der Waals surface area (Å²) in [6.45, 7) is 3.58. The van der Waals surface area contributed by atoms with Gasteiger partial charge in [0.05, 0.1) is 19.8 Å². The number of alkyl carbamates (subject to hydrolysis) is 1. The Morgan fingerprint density at radius 2 is 0.898 bits per heavy atom. The molecule has 2 N–H and O–H groups in total. The van der Waals surface area contributed by atoms with Crippen molar-refractivity contribution >= 4 is 55.4 Å². The van der Waals surface area contributed by atoms with Crippen LogP contribution in [0.15, 0.2) is 0 Å². The number of ether oxygens (including phenoxy) is 4. The van der Waals surface area contributed by atoms with E-state index in [1.807, 2.05) is 0 Å². The van der Waals surface area contributed by atoms with E-state index in [4.69, 9.17) is 28.0 Å². The predicted molar refractivity (Wildman–Crippen MR) is 239 cm³/mol. The molecule has 0 aromatic rings. The van der Waals surface area contributed by atoms with Gasteiger partial charge in [0.2, 0.25) is 0 Å². The van der Waals surface area contributed by atoms with E-state index in [1.165, 1.54) is 155 Å². The summed E-state index contributed by atoms with van der Waals surface area (Å²) in [5.74, 6) is -0.892. The second-order valence-corrected chi connectivity index (χ2v) is 17.3. The second-order valence-electron chi connectivity index (χ2n) is 15.8. The summed E-state index contributed by atoms with van der Waals surface area (Å²) in [5.41, 5.74) is 0. The van der Waals surface area contributed by atoms with Crippen LogP contribution in [0.3, 0.4) is 0 Å². The Hall–Kier alpha value is -0.720. The average Bonchev–Trinajstić information content (AvgIpc) is 3.20. The van der Waals surface area contributed by atoms with Crippen LogP contribution < -0.4 is 5.32 Å². The van der Waals surface area contributed by atoms with Gasteiger partial charge in [-0.25, -0.2) is 9.36 Å². The molecule has 12 nitrogen and oxygen atoms in total. The molecule has 1 amide bonds. The first-order valence-electron chi connectivity index (χ1n) is 23.6. The first-order chi connectivity index (χ1) is 28.2. The molecular formula is C45H88NNaO11P. The zero-order valence-electron chi connectivity index (χ0n) is 38.4. The van der Waals surface area contributed by atoms with E-state index in [2.05, 4.69) is 19.2 Å². The number of carbonyl (C=O) groups excluding carboxylic acids is 3. The van der Waals surface area contributed by atoms with E-state index in [0.29, 0.717) is 12.8 Å². The smallest absolute Gasteiger partial charge is 0.462 e. The Kier molecular flexibility index (Phi) is 47.9. The molecule has 2 unspecified atom stereocenters. The molecule has 0 aromatic carbocycles. The third kappa shape index (κ3) is 46.6. The Balaban J connectivity index is 0. The molecule has 1 radical (unpaired) electrons. The molecule has 0 saturated heterocycles. The number of phosphoric acid groups is 1. The zero-order valence-corrected chi connectivity index (χ0v) is 41.3. The van der Waals surface area contributed by atoms with Crippen molar-refractivity contribution in [2.45, 2.75) is 225 Å². The van der Waals surface area contributed by atoms with Crippen molar-refractivity contribution < 1.29 is 51.8 Å². The van der Waals surface area contributed by atoms with Gasteiger partial charge in [0.15, 0.2) is 6.10 Å². The Labute approximate surface area is 382 Å². The van der Waals surface area contributed by atoms with Gasteiger partial charge in [-0.15, -0.1) is 0 Å². The Morgan fingerprint density at radius 1 is 0.508 bits per heavy atom. The summed E-state index contributed by atoms with van der Waals surface area (Å²) in [6.07, 6.45) is 35.5. The van der Waals surface area contributed by atoms with Crippen LogP contribution >= 0.6 is 7.82 Å². The number of carbonyl (C=O) groups is 3. The summed E-state index contributed by atoms with van der Waals surface area (Å²) >= 11 is 0. The summed E-state index contributed by atoms with van der Waals surface area (Å²) in [6, 6.07) is 0. The number of methoxy groups -OCH3 is 1. The predicted octanol–water partition coefficient (Wildman–Crippen LogP) is 12.1. The van der Waals surface area contributed by atoms with Crippen LogP contribution in [0.1, 0.15) is 219 Å². The van der Waals surface area contributed by atoms with E-state index >= 15 is 0 Å². The molecule has 2 atom stereocenters. The van der Waals surface area contributed by atoms with Crippen molar-refractivity contribution in [3.8, 4) is 0 Å². The third-order valence-electron chi connectivity index (χ3n) is 10.3. The van der Waals surface area contributed by atoms with Crippen molar-refractivity contribution in [2.24, 2.45) is 0 Å². The van der Waals surface area contributed by atoms with Crippen LogP contribution in [0.4, 0.5) is 4.79 Å². The molecule has 0 aliphatic carbocycles. The van der Waals surface area contributed by atoms with E-state index in [0.717, 1.165) is 32.1 Å². The first-order valence-corrected chi connectivity index (χ1v) is 25.1. The normalized spacial score (nSPS) is 12.7. The summed E-state index contributed by atoms with van der Waals surface area (Å²) < 4.78 is 43.1. The van der Waals surface area contributed by atoms with Gasteiger partial charge >= 0.3 is 25.9 Å². The number of hydrogen-bond donors (Lipinski definition) is 2. The van der Waals surface area contributed by atoms with Gasteiger partial charge in [0.1, 0.15) is 13.2 Å². The maximum absolute atomic E-state index is 12.7. The molecule has 0 fully saturated rings. The quantitative estimate of drug-likeness (QED) is 0.0197. The minimum Gasteiger partial charge on any atom is -0.462 e. The van der Waals surface area contributed by atoms with Gasteiger partial charge < -0.3 is 29.2 Å². The molecule has 345 valence electrons. The van der Waals surface area contributed by atoms with E-state index in [-0.39, 0.29) is 75.4 Å². The van der Waals surface area contributed by atoms with Crippen LogP contribution in [0.2, 0.25) is 0 Å². The second kappa shape index (κ2) is 46.8. The minimum absolute atomic E-state index is 0. The number of phosphoric ester groups is 1.